The molecule has 8 nitrogen and oxygen atoms in total. The largest absolute Gasteiger partial charge is 0.479 e. The summed E-state index contributed by atoms with van der Waals surface area (Å²) in [6.07, 6.45) is -5.15. The molecule has 200 valence electrons. The van der Waals surface area contributed by atoms with E-state index in [-0.39, 0.29) is 29.8 Å². The van der Waals surface area contributed by atoms with Gasteiger partial charge in [-0.3, -0.25) is 0 Å². The molecule has 14 atom stereocenters. The molecule has 0 radical (unpaired) electrons. The van der Waals surface area contributed by atoms with Gasteiger partial charge in [0.2, 0.25) is 0 Å². The molecule has 4 saturated carbocycles. The van der Waals surface area contributed by atoms with Gasteiger partial charge in [0.1, 0.15) is 18.3 Å². The number of hydrogen-bond donors (Lipinski definition) is 5. The van der Waals surface area contributed by atoms with Crippen molar-refractivity contribution in [2.75, 3.05) is 0 Å². The summed E-state index contributed by atoms with van der Waals surface area (Å²) in [5.41, 5.74) is -0.798. The third kappa shape index (κ3) is 4.07. The van der Waals surface area contributed by atoms with Gasteiger partial charge in [0.15, 0.2) is 12.4 Å². The van der Waals surface area contributed by atoms with Crippen molar-refractivity contribution in [3.05, 3.63) is 0 Å². The zero-order chi connectivity index (χ0) is 29.6. The summed E-state index contributed by atoms with van der Waals surface area (Å²) in [5.74, 6) is -2.26. The molecule has 1 unspecified atom stereocenters. The molecule has 5 fully saturated rings. The fourth-order valence-electron chi connectivity index (χ4n) is 8.90. The predicted octanol–water partition coefficient (Wildman–Crippen LogP) is 2.30. The number of carboxylic acids is 1. The number of aliphatic hydroxyl groups is 4. The lowest BCUT2D eigenvalue weighted by molar-refractivity contribution is -0.309. The molecule has 8 heteroatoms. The molecule has 0 amide bonds. The topological polar surface area (TPSA) is 137 Å². The molecular weight excluding hydrogens is 452 g/mol. The highest BCUT2D eigenvalue weighted by Crippen LogP contribution is 2.67. The van der Waals surface area contributed by atoms with Crippen LogP contribution >= 0.6 is 0 Å². The Kier molecular flexibility index (Phi) is 5.32. The molecule has 0 bridgehead atoms. The van der Waals surface area contributed by atoms with Crippen molar-refractivity contribution in [3.8, 4) is 0 Å². The van der Waals surface area contributed by atoms with Crippen LogP contribution in [0.1, 0.15) is 85.3 Å². The first-order valence-electron chi connectivity index (χ1n) is 15.7. The highest BCUT2D eigenvalue weighted by atomic mass is 16.7. The maximum Gasteiger partial charge on any atom is 0.335 e. The summed E-state index contributed by atoms with van der Waals surface area (Å²) in [4.78, 5) is 11.5. The third-order valence-corrected chi connectivity index (χ3v) is 10.8. The van der Waals surface area contributed by atoms with Crippen molar-refractivity contribution in [1.29, 1.82) is 0 Å². The second kappa shape index (κ2) is 9.21. The van der Waals surface area contributed by atoms with Crippen molar-refractivity contribution < 1.29 is 46.7 Å². The van der Waals surface area contributed by atoms with E-state index in [4.69, 9.17) is 15.0 Å². The second-order valence-corrected chi connectivity index (χ2v) is 12.2. The Balaban J connectivity index is 1.29. The van der Waals surface area contributed by atoms with E-state index in [1.807, 2.05) is 6.92 Å². The number of aliphatic carboxylic acids is 1. The predicted molar refractivity (Wildman–Crippen MR) is 126 cm³/mol. The van der Waals surface area contributed by atoms with Crippen molar-refractivity contribution >= 4 is 5.97 Å². The molecule has 4 aliphatic carbocycles. The SMILES string of the molecule is [2H]C([2H])([2H])C([2H])(O)[C@@]1([2H])CC[C@H]2[C@@H]3CC[C@@H]4C[C@H](O[C@@H]5O[C@H](C(=O)O)[C@@H](O)[C@H](O)[C@H]5O)CC[C@]4(C)[C@H]3CC[C@@]21C. The van der Waals surface area contributed by atoms with E-state index in [9.17, 15) is 31.7 Å². The summed E-state index contributed by atoms with van der Waals surface area (Å²) < 4.78 is 52.5. The fourth-order valence-corrected chi connectivity index (χ4v) is 8.90. The van der Waals surface area contributed by atoms with Crippen LogP contribution < -0.4 is 0 Å². The Bertz CT molecular complexity index is 996. The normalized spacial score (nSPS) is 60.3. The third-order valence-electron chi connectivity index (χ3n) is 10.8. The van der Waals surface area contributed by atoms with Crippen LogP contribution in [0.4, 0.5) is 0 Å². The maximum atomic E-state index is 11.5. The molecule has 5 aliphatic rings. The van der Waals surface area contributed by atoms with Crippen LogP contribution in [0.25, 0.3) is 0 Å². The van der Waals surface area contributed by atoms with Gasteiger partial charge in [-0.15, -0.1) is 0 Å². The number of aliphatic hydroxyl groups excluding tert-OH is 3. The molecule has 5 rings (SSSR count). The first-order valence-corrected chi connectivity index (χ1v) is 13.2. The lowest BCUT2D eigenvalue weighted by atomic mass is 9.44. The molecule has 35 heavy (non-hydrogen) atoms. The van der Waals surface area contributed by atoms with Gasteiger partial charge < -0.3 is 35.0 Å². The number of fused-ring (bicyclic) bond motifs is 5. The highest BCUT2D eigenvalue weighted by Gasteiger charge is 2.61. The van der Waals surface area contributed by atoms with Gasteiger partial charge in [0.25, 0.3) is 0 Å². The number of ether oxygens (including phenoxy) is 2. The maximum absolute atomic E-state index is 11.5. The highest BCUT2D eigenvalue weighted by molar-refractivity contribution is 5.73. The minimum absolute atomic E-state index is 0.0238. The summed E-state index contributed by atoms with van der Waals surface area (Å²) in [5, 5.41) is 50.8. The molecule has 0 aromatic carbocycles. The first kappa shape index (κ1) is 20.2. The Hall–Kier alpha value is -0.770. The number of rotatable bonds is 4. The molecule has 1 saturated heterocycles. The summed E-state index contributed by atoms with van der Waals surface area (Å²) in [7, 11) is 0. The van der Waals surface area contributed by atoms with Crippen molar-refractivity contribution in [2.45, 2.75) is 121 Å². The molecule has 0 aromatic rings. The van der Waals surface area contributed by atoms with Gasteiger partial charge in [-0.05, 0) is 105 Å². The van der Waals surface area contributed by atoms with E-state index in [2.05, 4.69) is 6.92 Å². The average molecular weight is 502 g/mol. The standard InChI is InChI=1S/C27H44O8/c1-13(28)17-6-7-18-16-5-4-14-12-15(8-10-26(14,2)19(16)9-11-27(17,18)3)34-25-22(31)20(29)21(30)23(35-25)24(32)33/h13-23,25,28-31H,4-12H2,1-3H3,(H,32,33)/t13?,14-,15-,16+,17-,18+,19+,20+,21+,22-,23+,25-,26+,27-/m1/s1/i1D3,13D,17D. The van der Waals surface area contributed by atoms with Crippen LogP contribution in [0.15, 0.2) is 0 Å². The van der Waals surface area contributed by atoms with Gasteiger partial charge >= 0.3 is 5.97 Å². The van der Waals surface area contributed by atoms with Gasteiger partial charge in [-0.1, -0.05) is 13.8 Å². The molecule has 1 aliphatic heterocycles. The van der Waals surface area contributed by atoms with Gasteiger partial charge in [-0.25, -0.2) is 4.79 Å². The summed E-state index contributed by atoms with van der Waals surface area (Å²) >= 11 is 0. The number of carboxylic acid groups (broad SMARTS) is 1. The van der Waals surface area contributed by atoms with Crippen LogP contribution in [0, 0.1) is 40.4 Å². The smallest absolute Gasteiger partial charge is 0.335 e. The van der Waals surface area contributed by atoms with E-state index < -0.39 is 60.9 Å². The van der Waals surface area contributed by atoms with Crippen LogP contribution in [0.5, 0.6) is 0 Å². The quantitative estimate of drug-likeness (QED) is 0.370. The summed E-state index contributed by atoms with van der Waals surface area (Å²) in [6.45, 7) is 1.25. The monoisotopic (exact) mass is 501 g/mol. The molecule has 0 spiro atoms. The van der Waals surface area contributed by atoms with Crippen LogP contribution in [-0.4, -0.2) is 74.4 Å². The van der Waals surface area contributed by atoms with Crippen LogP contribution in [-0.2, 0) is 14.3 Å². The Morgan fingerprint density at radius 1 is 1.03 bits per heavy atom. The fraction of sp³-hybridized carbons (Fsp3) is 0.963. The van der Waals surface area contributed by atoms with E-state index >= 15 is 0 Å². The molecule has 0 aromatic heterocycles. The first-order chi connectivity index (χ1) is 18.4. The molecule has 1 heterocycles. The average Bonchev–Trinajstić information content (AvgIpc) is 3.15. The lowest BCUT2D eigenvalue weighted by Gasteiger charge is -2.61. The number of carbonyl (C=O) groups is 1. The second-order valence-electron chi connectivity index (χ2n) is 12.2. The van der Waals surface area contributed by atoms with Crippen molar-refractivity contribution in [2.24, 2.45) is 40.4 Å². The zero-order valence-electron chi connectivity index (χ0n) is 25.6. The van der Waals surface area contributed by atoms with Gasteiger partial charge in [0.05, 0.1) is 13.6 Å². The van der Waals surface area contributed by atoms with E-state index in [1.54, 1.807) is 0 Å². The Labute approximate surface area is 215 Å². The van der Waals surface area contributed by atoms with E-state index in [0.717, 1.165) is 25.7 Å². The Morgan fingerprint density at radius 2 is 1.74 bits per heavy atom. The van der Waals surface area contributed by atoms with E-state index in [1.165, 1.54) is 0 Å². The summed E-state index contributed by atoms with van der Waals surface area (Å²) in [6, 6.07) is 0. The van der Waals surface area contributed by atoms with Crippen molar-refractivity contribution in [3.63, 3.8) is 0 Å². The van der Waals surface area contributed by atoms with Crippen LogP contribution in [0.2, 0.25) is 0 Å². The number of hydrogen-bond acceptors (Lipinski definition) is 7. The Morgan fingerprint density at radius 3 is 2.46 bits per heavy atom. The van der Waals surface area contributed by atoms with Crippen molar-refractivity contribution in [1.82, 2.24) is 0 Å². The molecular formula is C27H44O8. The van der Waals surface area contributed by atoms with Crippen LogP contribution in [0.3, 0.4) is 0 Å². The van der Waals surface area contributed by atoms with Gasteiger partial charge in [-0.2, -0.15) is 0 Å². The lowest BCUT2D eigenvalue weighted by Crippen LogP contribution is -2.61. The van der Waals surface area contributed by atoms with Gasteiger partial charge in [0, 0.05) is 5.48 Å². The molecule has 5 N–H and O–H groups in total. The van der Waals surface area contributed by atoms with E-state index in [0.29, 0.717) is 37.5 Å². The minimum atomic E-state index is -2.97. The minimum Gasteiger partial charge on any atom is -0.479 e. The zero-order valence-corrected chi connectivity index (χ0v) is 20.6.